The number of hydrogen-bond acceptors (Lipinski definition) is 2. The molecule has 0 saturated carbocycles. The van der Waals surface area contributed by atoms with Crippen LogP contribution in [0.25, 0.3) is 0 Å². The van der Waals surface area contributed by atoms with Gasteiger partial charge in [0.2, 0.25) is 0 Å². The molecule has 152 valence electrons. The zero-order valence-corrected chi connectivity index (χ0v) is 18.2. The van der Waals surface area contributed by atoms with Crippen molar-refractivity contribution in [1.82, 2.24) is 5.32 Å². The largest absolute Gasteiger partial charge is 0.491 e. The van der Waals surface area contributed by atoms with Crippen molar-refractivity contribution in [3.63, 3.8) is 0 Å². The smallest absolute Gasteiger partial charge is 0.119 e. The summed E-state index contributed by atoms with van der Waals surface area (Å²) in [6.07, 6.45) is 1.20. The molecule has 0 saturated heterocycles. The van der Waals surface area contributed by atoms with Crippen molar-refractivity contribution in [3.05, 3.63) is 101 Å². The van der Waals surface area contributed by atoms with E-state index in [2.05, 4.69) is 79.0 Å². The summed E-state index contributed by atoms with van der Waals surface area (Å²) in [6.45, 7) is 7.22. The van der Waals surface area contributed by atoms with Gasteiger partial charge in [-0.25, -0.2) is 0 Å². The minimum atomic E-state index is 0.185. The molecule has 0 radical (unpaired) electrons. The van der Waals surface area contributed by atoms with Crippen LogP contribution >= 0.6 is 11.6 Å². The molecule has 3 rings (SSSR count). The molecule has 29 heavy (non-hydrogen) atoms. The van der Waals surface area contributed by atoms with Gasteiger partial charge in [0.25, 0.3) is 0 Å². The predicted octanol–water partition coefficient (Wildman–Crippen LogP) is 7.00. The Hall–Kier alpha value is -2.29. The Bertz CT molecular complexity index is 859. The van der Waals surface area contributed by atoms with Crippen LogP contribution in [0.4, 0.5) is 0 Å². The molecular formula is C26H30ClNO. The van der Waals surface area contributed by atoms with Crippen LogP contribution in [0.15, 0.2) is 78.9 Å². The van der Waals surface area contributed by atoms with Crippen molar-refractivity contribution in [2.75, 3.05) is 6.54 Å². The van der Waals surface area contributed by atoms with Crippen molar-refractivity contribution in [3.8, 4) is 5.75 Å². The highest BCUT2D eigenvalue weighted by Gasteiger charge is 2.15. The van der Waals surface area contributed by atoms with Gasteiger partial charge < -0.3 is 10.1 Å². The van der Waals surface area contributed by atoms with E-state index in [1.54, 1.807) is 0 Å². The zero-order valence-electron chi connectivity index (χ0n) is 17.4. The molecule has 0 unspecified atom stereocenters. The van der Waals surface area contributed by atoms with Crippen molar-refractivity contribution in [2.45, 2.75) is 45.3 Å². The van der Waals surface area contributed by atoms with Gasteiger partial charge in [-0.15, -0.1) is 0 Å². The van der Waals surface area contributed by atoms with E-state index in [9.17, 15) is 0 Å². The van der Waals surface area contributed by atoms with Gasteiger partial charge in [0.05, 0.1) is 6.10 Å². The number of halogens is 1. The maximum Gasteiger partial charge on any atom is 0.119 e. The van der Waals surface area contributed by atoms with E-state index in [0.717, 1.165) is 23.7 Å². The lowest BCUT2D eigenvalue weighted by molar-refractivity contribution is 0.242. The Morgan fingerprint density at radius 2 is 1.34 bits per heavy atom. The summed E-state index contributed by atoms with van der Waals surface area (Å²) in [6, 6.07) is 27.6. The number of nitrogens with one attached hydrogen (secondary N) is 1. The van der Waals surface area contributed by atoms with Crippen LogP contribution in [0.1, 0.15) is 55.8 Å². The van der Waals surface area contributed by atoms with Crippen LogP contribution in [0.2, 0.25) is 5.02 Å². The average molecular weight is 408 g/mol. The first-order valence-corrected chi connectivity index (χ1v) is 10.7. The van der Waals surface area contributed by atoms with Gasteiger partial charge in [0.1, 0.15) is 5.75 Å². The summed E-state index contributed by atoms with van der Waals surface area (Å²) in [4.78, 5) is 0. The monoisotopic (exact) mass is 407 g/mol. The fourth-order valence-electron chi connectivity index (χ4n) is 3.58. The summed E-state index contributed by atoms with van der Waals surface area (Å²) in [7, 11) is 0. The molecule has 3 aromatic rings. The number of ether oxygens (including phenoxy) is 1. The van der Waals surface area contributed by atoms with Crippen molar-refractivity contribution >= 4 is 11.6 Å². The van der Waals surface area contributed by atoms with Gasteiger partial charge in [-0.1, -0.05) is 66.2 Å². The topological polar surface area (TPSA) is 21.3 Å². The Morgan fingerprint density at radius 1 is 0.759 bits per heavy atom. The lowest BCUT2D eigenvalue weighted by Gasteiger charge is -2.21. The van der Waals surface area contributed by atoms with Crippen LogP contribution in [0.3, 0.4) is 0 Å². The molecule has 0 aliphatic carbocycles. The van der Waals surface area contributed by atoms with E-state index in [1.807, 2.05) is 26.0 Å². The molecule has 2 atom stereocenters. The van der Waals surface area contributed by atoms with E-state index < -0.39 is 0 Å². The van der Waals surface area contributed by atoms with Crippen LogP contribution < -0.4 is 10.1 Å². The molecule has 0 aliphatic rings. The maximum absolute atomic E-state index is 6.01. The van der Waals surface area contributed by atoms with E-state index >= 15 is 0 Å². The Morgan fingerprint density at radius 3 is 1.97 bits per heavy atom. The van der Waals surface area contributed by atoms with Gasteiger partial charge in [0.15, 0.2) is 0 Å². The SMILES string of the molecule is CC(C)Oc1ccc([C@@H](CCN[C@H](C)c2ccc(Cl)cc2)c2ccccc2)cc1. The zero-order chi connectivity index (χ0) is 20.6. The lowest BCUT2D eigenvalue weighted by atomic mass is 9.88. The predicted molar refractivity (Wildman–Crippen MR) is 123 cm³/mol. The average Bonchev–Trinajstić information content (AvgIpc) is 2.72. The molecule has 0 spiro atoms. The highest BCUT2D eigenvalue weighted by atomic mass is 35.5. The van der Waals surface area contributed by atoms with Crippen LogP contribution in [0.5, 0.6) is 5.75 Å². The van der Waals surface area contributed by atoms with Gasteiger partial charge in [-0.3, -0.25) is 0 Å². The van der Waals surface area contributed by atoms with Crippen LogP contribution in [0, 0.1) is 0 Å². The number of hydrogen-bond donors (Lipinski definition) is 1. The Balaban J connectivity index is 1.68. The summed E-state index contributed by atoms with van der Waals surface area (Å²) < 4.78 is 5.80. The van der Waals surface area contributed by atoms with Crippen molar-refractivity contribution in [2.24, 2.45) is 0 Å². The van der Waals surface area contributed by atoms with Gasteiger partial charge in [-0.2, -0.15) is 0 Å². The first kappa shape index (κ1) is 21.4. The standard InChI is InChI=1S/C26H30ClNO/c1-19(2)29-25-15-11-23(12-16-25)26(22-7-5-4-6-8-22)17-18-28-20(3)21-9-13-24(27)14-10-21/h4-16,19-20,26,28H,17-18H2,1-3H3/t20-,26+/m1/s1. The first-order chi connectivity index (χ1) is 14.0. The van der Waals surface area contributed by atoms with Crippen LogP contribution in [-0.4, -0.2) is 12.6 Å². The molecule has 3 heteroatoms. The quantitative estimate of drug-likeness (QED) is 0.412. The molecule has 1 N–H and O–H groups in total. The Kier molecular flexibility index (Phi) is 7.74. The molecule has 2 nitrogen and oxygen atoms in total. The van der Waals surface area contributed by atoms with E-state index in [0.29, 0.717) is 5.92 Å². The van der Waals surface area contributed by atoms with Gasteiger partial charge >= 0.3 is 0 Å². The van der Waals surface area contributed by atoms with E-state index in [4.69, 9.17) is 16.3 Å². The molecule has 0 fully saturated rings. The Labute approximate surface area is 179 Å². The maximum atomic E-state index is 6.01. The third kappa shape index (κ3) is 6.35. The summed E-state index contributed by atoms with van der Waals surface area (Å²) in [5, 5.41) is 4.43. The summed E-state index contributed by atoms with van der Waals surface area (Å²) >= 11 is 6.01. The molecule has 0 aromatic heterocycles. The number of rotatable bonds is 9. The minimum absolute atomic E-state index is 0.185. The fraction of sp³-hybridized carbons (Fsp3) is 0.308. The fourth-order valence-corrected chi connectivity index (χ4v) is 3.70. The van der Waals surface area contributed by atoms with Gasteiger partial charge in [0, 0.05) is 17.0 Å². The van der Waals surface area contributed by atoms with Crippen LogP contribution in [-0.2, 0) is 0 Å². The third-order valence-corrected chi connectivity index (χ3v) is 5.36. The third-order valence-electron chi connectivity index (χ3n) is 5.11. The van der Waals surface area contributed by atoms with E-state index in [-0.39, 0.29) is 12.1 Å². The second kappa shape index (κ2) is 10.5. The minimum Gasteiger partial charge on any atom is -0.491 e. The molecule has 0 aliphatic heterocycles. The van der Waals surface area contributed by atoms with Crippen molar-refractivity contribution < 1.29 is 4.74 Å². The van der Waals surface area contributed by atoms with Crippen molar-refractivity contribution in [1.29, 1.82) is 0 Å². The number of benzene rings is 3. The molecular weight excluding hydrogens is 378 g/mol. The highest BCUT2D eigenvalue weighted by Crippen LogP contribution is 2.29. The van der Waals surface area contributed by atoms with E-state index in [1.165, 1.54) is 16.7 Å². The highest BCUT2D eigenvalue weighted by molar-refractivity contribution is 6.30. The first-order valence-electron chi connectivity index (χ1n) is 10.3. The summed E-state index contributed by atoms with van der Waals surface area (Å²) in [5.41, 5.74) is 3.90. The second-order valence-electron chi connectivity index (χ2n) is 7.71. The summed E-state index contributed by atoms with van der Waals surface area (Å²) in [5.74, 6) is 1.26. The molecule has 3 aromatic carbocycles. The van der Waals surface area contributed by atoms with Gasteiger partial charge in [-0.05, 0) is 74.7 Å². The second-order valence-corrected chi connectivity index (χ2v) is 8.15. The lowest BCUT2D eigenvalue weighted by Crippen LogP contribution is -2.21. The molecule has 0 amide bonds. The normalized spacial score (nSPS) is 13.3. The molecule has 0 bridgehead atoms. The molecule has 0 heterocycles.